The van der Waals surface area contributed by atoms with Crippen LogP contribution < -0.4 is 4.74 Å². The second kappa shape index (κ2) is 7.18. The summed E-state index contributed by atoms with van der Waals surface area (Å²) in [4.78, 5) is 14.2. The van der Waals surface area contributed by atoms with Gasteiger partial charge >= 0.3 is 0 Å². The number of hydrogen-bond donors (Lipinski definition) is 0. The number of rotatable bonds is 4. The maximum Gasteiger partial charge on any atom is 0.260 e. The molecule has 124 valence electrons. The molecule has 2 aromatic rings. The Hall–Kier alpha value is -2.81. The van der Waals surface area contributed by atoms with Crippen LogP contribution in [0.5, 0.6) is 5.75 Å². The number of nitrogens with zero attached hydrogens (tertiary/aromatic N) is 4. The molecule has 0 aliphatic carbocycles. The van der Waals surface area contributed by atoms with E-state index in [1.54, 1.807) is 24.3 Å². The summed E-state index contributed by atoms with van der Waals surface area (Å²) < 4.78 is 7.50. The van der Waals surface area contributed by atoms with Crippen molar-refractivity contribution in [1.82, 2.24) is 14.7 Å². The summed E-state index contributed by atoms with van der Waals surface area (Å²) in [5.41, 5.74) is 1.70. The van der Waals surface area contributed by atoms with Crippen molar-refractivity contribution in [3.63, 3.8) is 0 Å². The maximum atomic E-state index is 12.4. The number of piperidine rings is 1. The summed E-state index contributed by atoms with van der Waals surface area (Å²) in [7, 11) is 0. The Labute approximate surface area is 141 Å². The Morgan fingerprint density at radius 1 is 1.42 bits per heavy atom. The molecule has 0 N–H and O–H groups in total. The summed E-state index contributed by atoms with van der Waals surface area (Å²) in [6.45, 7) is 3.44. The molecule has 6 heteroatoms. The lowest BCUT2D eigenvalue weighted by molar-refractivity contribution is -0.135. The van der Waals surface area contributed by atoms with Gasteiger partial charge in [-0.2, -0.15) is 10.4 Å². The predicted molar refractivity (Wildman–Crippen MR) is 88.5 cm³/mol. The van der Waals surface area contributed by atoms with Crippen molar-refractivity contribution in [1.29, 1.82) is 5.26 Å². The van der Waals surface area contributed by atoms with Gasteiger partial charge in [-0.1, -0.05) is 0 Å². The maximum absolute atomic E-state index is 12.4. The molecule has 1 amide bonds. The van der Waals surface area contributed by atoms with E-state index in [2.05, 4.69) is 11.2 Å². The first-order chi connectivity index (χ1) is 11.7. The molecule has 1 unspecified atom stereocenters. The van der Waals surface area contributed by atoms with Crippen LogP contribution >= 0.6 is 0 Å². The first-order valence-electron chi connectivity index (χ1n) is 8.07. The third-order valence-electron chi connectivity index (χ3n) is 4.20. The molecule has 1 aromatic carbocycles. The van der Waals surface area contributed by atoms with Gasteiger partial charge in [-0.25, -0.2) is 0 Å². The average Bonchev–Trinajstić information content (AvgIpc) is 3.06. The van der Waals surface area contributed by atoms with Gasteiger partial charge in [0.05, 0.1) is 23.9 Å². The summed E-state index contributed by atoms with van der Waals surface area (Å²) in [6, 6.07) is 9.05. The fourth-order valence-electron chi connectivity index (χ4n) is 2.89. The summed E-state index contributed by atoms with van der Waals surface area (Å²) >= 11 is 0. The number of aryl methyl sites for hydroxylation is 1. The van der Waals surface area contributed by atoms with Gasteiger partial charge in [0, 0.05) is 19.3 Å². The largest absolute Gasteiger partial charge is 0.484 e. The molecule has 1 aromatic heterocycles. The average molecular weight is 324 g/mol. The van der Waals surface area contributed by atoms with Crippen LogP contribution in [0.2, 0.25) is 0 Å². The number of likely N-dealkylation sites (tertiary alicyclic amines) is 1. The lowest BCUT2D eigenvalue weighted by atomic mass is 10.1. The quantitative estimate of drug-likeness (QED) is 0.865. The first kappa shape index (κ1) is 16.1. The van der Waals surface area contributed by atoms with E-state index in [0.717, 1.165) is 24.9 Å². The van der Waals surface area contributed by atoms with E-state index < -0.39 is 0 Å². The van der Waals surface area contributed by atoms with Crippen LogP contribution in [-0.4, -0.2) is 40.3 Å². The molecule has 1 fully saturated rings. The van der Waals surface area contributed by atoms with Gasteiger partial charge < -0.3 is 9.64 Å². The van der Waals surface area contributed by atoms with Crippen molar-refractivity contribution >= 4 is 5.91 Å². The van der Waals surface area contributed by atoms with Gasteiger partial charge in [0.15, 0.2) is 6.61 Å². The van der Waals surface area contributed by atoms with Crippen molar-refractivity contribution in [2.75, 3.05) is 19.7 Å². The molecule has 2 heterocycles. The van der Waals surface area contributed by atoms with E-state index in [1.807, 2.05) is 28.9 Å². The number of benzene rings is 1. The number of carbonyl (C=O) groups excluding carboxylic acids is 1. The van der Waals surface area contributed by atoms with Crippen molar-refractivity contribution in [3.05, 3.63) is 47.8 Å². The molecule has 3 rings (SSSR count). The van der Waals surface area contributed by atoms with Crippen LogP contribution in [0.4, 0.5) is 0 Å². The normalized spacial score (nSPS) is 17.3. The minimum Gasteiger partial charge on any atom is -0.484 e. The topological polar surface area (TPSA) is 71.2 Å². The molecule has 0 radical (unpaired) electrons. The molecule has 24 heavy (non-hydrogen) atoms. The van der Waals surface area contributed by atoms with E-state index in [9.17, 15) is 4.79 Å². The lowest BCUT2D eigenvalue weighted by Gasteiger charge is -2.32. The highest BCUT2D eigenvalue weighted by Gasteiger charge is 2.25. The minimum atomic E-state index is -0.0204. The highest BCUT2D eigenvalue weighted by atomic mass is 16.5. The van der Waals surface area contributed by atoms with Gasteiger partial charge in [-0.3, -0.25) is 9.48 Å². The smallest absolute Gasteiger partial charge is 0.260 e. The number of amides is 1. The summed E-state index contributed by atoms with van der Waals surface area (Å²) in [6.07, 6.45) is 5.86. The van der Waals surface area contributed by atoms with Crippen molar-refractivity contribution < 1.29 is 9.53 Å². The Kier molecular flexibility index (Phi) is 4.80. The van der Waals surface area contributed by atoms with Gasteiger partial charge in [0.2, 0.25) is 0 Å². The van der Waals surface area contributed by atoms with Gasteiger partial charge in [0.25, 0.3) is 5.91 Å². The molecule has 1 aliphatic heterocycles. The molecule has 1 aliphatic rings. The second-order valence-electron chi connectivity index (χ2n) is 6.06. The number of carbonyl (C=O) groups is 1. The van der Waals surface area contributed by atoms with Crippen LogP contribution in [0, 0.1) is 18.3 Å². The zero-order valence-electron chi connectivity index (χ0n) is 13.7. The van der Waals surface area contributed by atoms with Crippen molar-refractivity contribution in [2.45, 2.75) is 25.8 Å². The van der Waals surface area contributed by atoms with E-state index in [1.165, 1.54) is 0 Å². The fraction of sp³-hybridized carbons (Fsp3) is 0.389. The molecule has 0 bridgehead atoms. The fourth-order valence-corrected chi connectivity index (χ4v) is 2.89. The van der Waals surface area contributed by atoms with Crippen molar-refractivity contribution in [2.24, 2.45) is 0 Å². The van der Waals surface area contributed by atoms with Crippen molar-refractivity contribution in [3.8, 4) is 11.8 Å². The number of aromatic nitrogens is 2. The van der Waals surface area contributed by atoms with E-state index in [-0.39, 0.29) is 18.6 Å². The molecule has 6 nitrogen and oxygen atoms in total. The molecule has 1 atom stereocenters. The zero-order valence-corrected chi connectivity index (χ0v) is 13.7. The number of nitriles is 1. The summed E-state index contributed by atoms with van der Waals surface area (Å²) in [5.74, 6) is 0.576. The molecular weight excluding hydrogens is 304 g/mol. The lowest BCUT2D eigenvalue weighted by Crippen LogP contribution is -2.43. The van der Waals surface area contributed by atoms with Crippen LogP contribution in [0.1, 0.15) is 30.0 Å². The Balaban J connectivity index is 1.55. The first-order valence-corrected chi connectivity index (χ1v) is 8.07. The van der Waals surface area contributed by atoms with E-state index in [0.29, 0.717) is 17.9 Å². The number of ether oxygens (including phenoxy) is 1. The predicted octanol–water partition coefficient (Wildman–Crippen LogP) is 2.31. The van der Waals surface area contributed by atoms with Gasteiger partial charge in [-0.05, 0) is 49.6 Å². The Morgan fingerprint density at radius 3 is 2.88 bits per heavy atom. The second-order valence-corrected chi connectivity index (χ2v) is 6.06. The number of hydrogen-bond acceptors (Lipinski definition) is 4. The third-order valence-corrected chi connectivity index (χ3v) is 4.20. The highest BCUT2D eigenvalue weighted by Crippen LogP contribution is 2.21. The molecule has 1 saturated heterocycles. The third kappa shape index (κ3) is 3.74. The molecule has 0 saturated carbocycles. The van der Waals surface area contributed by atoms with Crippen LogP contribution in [-0.2, 0) is 4.79 Å². The standard InChI is InChI=1S/C18H20N4O2/c1-14-10-20-22(11-14)16-3-2-8-21(12-16)18(23)13-24-17-6-4-15(9-19)5-7-17/h4-7,10-11,16H,2-3,8,12-13H2,1H3. The zero-order chi connectivity index (χ0) is 16.9. The molecule has 0 spiro atoms. The monoisotopic (exact) mass is 324 g/mol. The van der Waals surface area contributed by atoms with E-state index in [4.69, 9.17) is 10.00 Å². The minimum absolute atomic E-state index is 0.0107. The van der Waals surface area contributed by atoms with Crippen LogP contribution in [0.15, 0.2) is 36.7 Å². The Bertz CT molecular complexity index is 745. The van der Waals surface area contributed by atoms with Crippen LogP contribution in [0.3, 0.4) is 0 Å². The van der Waals surface area contributed by atoms with Gasteiger partial charge in [-0.15, -0.1) is 0 Å². The van der Waals surface area contributed by atoms with Gasteiger partial charge in [0.1, 0.15) is 5.75 Å². The Morgan fingerprint density at radius 2 is 2.21 bits per heavy atom. The highest BCUT2D eigenvalue weighted by molar-refractivity contribution is 5.77. The van der Waals surface area contributed by atoms with E-state index >= 15 is 0 Å². The SMILES string of the molecule is Cc1cnn(C2CCCN(C(=O)COc3ccc(C#N)cc3)C2)c1. The van der Waals surface area contributed by atoms with Crippen LogP contribution in [0.25, 0.3) is 0 Å². The summed E-state index contributed by atoms with van der Waals surface area (Å²) in [5, 5.41) is 13.1. The molecular formula is C18H20N4O2.